The zero-order chi connectivity index (χ0) is 14.7. The molecule has 1 rings (SSSR count). The molecule has 0 aliphatic heterocycles. The minimum Gasteiger partial charge on any atom is -0.744 e. The average molecular weight is 305 g/mol. The molecule has 1 aromatic carbocycles. The lowest BCUT2D eigenvalue weighted by Crippen LogP contribution is -2.10. The van der Waals surface area contributed by atoms with Crippen LogP contribution in [0, 0.1) is 6.92 Å². The molecule has 5 nitrogen and oxygen atoms in total. The smallest absolute Gasteiger partial charge is 0.150 e. The summed E-state index contributed by atoms with van der Waals surface area (Å²) in [4.78, 5) is -0.272. The Bertz CT molecular complexity index is 645. The van der Waals surface area contributed by atoms with Crippen LogP contribution in [0.3, 0.4) is 0 Å². The highest BCUT2D eigenvalue weighted by Gasteiger charge is 2.09. The van der Waals surface area contributed by atoms with E-state index in [9.17, 15) is 21.4 Å². The van der Waals surface area contributed by atoms with Gasteiger partial charge in [-0.1, -0.05) is 13.0 Å². The van der Waals surface area contributed by atoms with Crippen LogP contribution in [0.4, 0.5) is 0 Å². The van der Waals surface area contributed by atoms with Crippen LogP contribution in [0.15, 0.2) is 23.1 Å². The Balaban J connectivity index is 2.85. The molecule has 0 radical (unpaired) electrons. The van der Waals surface area contributed by atoms with Crippen LogP contribution in [0.5, 0.6) is 0 Å². The largest absolute Gasteiger partial charge is 0.744 e. The fraction of sp³-hybridized carbons (Fsp3) is 0.500. The van der Waals surface area contributed by atoms with Crippen LogP contribution >= 0.6 is 0 Å². The Kier molecular flexibility index (Phi) is 5.11. The van der Waals surface area contributed by atoms with Gasteiger partial charge in [0.15, 0.2) is 0 Å². The third-order valence-corrected chi connectivity index (χ3v) is 5.57. The molecule has 0 aliphatic carbocycles. The standard InChI is InChI=1S/C12H18O5S2/c1-3-18(13,14)8-4-5-11-9-12(19(15,16)17)7-6-10(11)2/h6-7,9H,3-5,8H2,1-2H3,(H,15,16,17)/p-1. The number of hydrogen-bond donors (Lipinski definition) is 0. The maximum Gasteiger partial charge on any atom is 0.150 e. The van der Waals surface area contributed by atoms with Crippen LogP contribution < -0.4 is 0 Å². The van der Waals surface area contributed by atoms with Crippen molar-refractivity contribution in [3.05, 3.63) is 29.3 Å². The molecule has 0 saturated heterocycles. The second-order valence-corrected chi connectivity index (χ2v) is 8.23. The van der Waals surface area contributed by atoms with Crippen LogP contribution in [-0.2, 0) is 26.4 Å². The lowest BCUT2D eigenvalue weighted by Gasteiger charge is -2.11. The lowest BCUT2D eigenvalue weighted by atomic mass is 10.0. The van der Waals surface area contributed by atoms with Gasteiger partial charge in [0.25, 0.3) is 0 Å². The molecular formula is C12H17O5S2-. The van der Waals surface area contributed by atoms with Gasteiger partial charge in [0, 0.05) is 5.75 Å². The number of rotatable bonds is 6. The first-order valence-corrected chi connectivity index (χ1v) is 9.14. The molecule has 0 amide bonds. The van der Waals surface area contributed by atoms with E-state index in [2.05, 4.69) is 0 Å². The first-order valence-electron chi connectivity index (χ1n) is 5.91. The summed E-state index contributed by atoms with van der Waals surface area (Å²) in [5, 5.41) is 0. The molecule has 108 valence electrons. The SMILES string of the molecule is CCS(=O)(=O)CCCc1cc(S(=O)(=O)[O-])ccc1C. The highest BCUT2D eigenvalue weighted by Crippen LogP contribution is 2.17. The molecule has 7 heteroatoms. The van der Waals surface area contributed by atoms with Gasteiger partial charge in [-0.15, -0.1) is 0 Å². The third kappa shape index (κ3) is 4.93. The first-order chi connectivity index (χ1) is 8.65. The van der Waals surface area contributed by atoms with Gasteiger partial charge in [-0.25, -0.2) is 16.8 Å². The normalized spacial score (nSPS) is 12.6. The van der Waals surface area contributed by atoms with Gasteiger partial charge in [-0.3, -0.25) is 0 Å². The van der Waals surface area contributed by atoms with Crippen molar-refractivity contribution in [3.8, 4) is 0 Å². The van der Waals surface area contributed by atoms with Crippen LogP contribution in [0.25, 0.3) is 0 Å². The fourth-order valence-electron chi connectivity index (χ4n) is 1.70. The summed E-state index contributed by atoms with van der Waals surface area (Å²) in [5.41, 5.74) is 1.55. The van der Waals surface area contributed by atoms with Crippen molar-refractivity contribution in [1.29, 1.82) is 0 Å². The van der Waals surface area contributed by atoms with E-state index in [1.54, 1.807) is 19.9 Å². The fourth-order valence-corrected chi connectivity index (χ4v) is 3.09. The highest BCUT2D eigenvalue weighted by atomic mass is 32.2. The lowest BCUT2D eigenvalue weighted by molar-refractivity contribution is 0.463. The first kappa shape index (κ1) is 16.1. The molecule has 0 unspecified atom stereocenters. The van der Waals surface area contributed by atoms with Gasteiger partial charge in [-0.05, 0) is 43.0 Å². The summed E-state index contributed by atoms with van der Waals surface area (Å²) in [7, 11) is -7.49. The average Bonchev–Trinajstić information content (AvgIpc) is 2.30. The Morgan fingerprint density at radius 1 is 1.16 bits per heavy atom. The molecule has 0 saturated carbocycles. The van der Waals surface area contributed by atoms with E-state index in [0.29, 0.717) is 18.4 Å². The number of benzene rings is 1. The molecule has 0 N–H and O–H groups in total. The van der Waals surface area contributed by atoms with Gasteiger partial charge in [0.2, 0.25) is 0 Å². The summed E-state index contributed by atoms with van der Waals surface area (Å²) in [6.07, 6.45) is 0.855. The van der Waals surface area contributed by atoms with E-state index in [1.165, 1.54) is 12.1 Å². The molecule has 1 aromatic rings. The zero-order valence-corrected chi connectivity index (χ0v) is 12.6. The van der Waals surface area contributed by atoms with E-state index in [4.69, 9.17) is 0 Å². The van der Waals surface area contributed by atoms with Crippen molar-refractivity contribution < 1.29 is 21.4 Å². The molecule has 19 heavy (non-hydrogen) atoms. The predicted octanol–water partition coefficient (Wildman–Crippen LogP) is 1.27. The monoisotopic (exact) mass is 305 g/mol. The van der Waals surface area contributed by atoms with E-state index < -0.39 is 20.0 Å². The van der Waals surface area contributed by atoms with Gasteiger partial charge < -0.3 is 4.55 Å². The molecular weight excluding hydrogens is 288 g/mol. The van der Waals surface area contributed by atoms with Crippen molar-refractivity contribution in [2.75, 3.05) is 11.5 Å². The summed E-state index contributed by atoms with van der Waals surface area (Å²) in [5.74, 6) is 0.165. The summed E-state index contributed by atoms with van der Waals surface area (Å²) in [6, 6.07) is 4.16. The maximum atomic E-state index is 11.4. The molecule has 0 bridgehead atoms. The molecule has 0 spiro atoms. The Morgan fingerprint density at radius 2 is 1.79 bits per heavy atom. The molecule has 0 aromatic heterocycles. The Morgan fingerprint density at radius 3 is 2.32 bits per heavy atom. The molecule has 0 fully saturated rings. The zero-order valence-electron chi connectivity index (χ0n) is 10.9. The predicted molar refractivity (Wildman–Crippen MR) is 71.8 cm³/mol. The van der Waals surface area contributed by atoms with E-state index in [1.807, 2.05) is 0 Å². The van der Waals surface area contributed by atoms with Gasteiger partial charge in [0.1, 0.15) is 20.0 Å². The minimum absolute atomic E-state index is 0.0668. The summed E-state index contributed by atoms with van der Waals surface area (Å²) >= 11 is 0. The van der Waals surface area contributed by atoms with Crippen molar-refractivity contribution in [3.63, 3.8) is 0 Å². The van der Waals surface area contributed by atoms with Crippen molar-refractivity contribution in [1.82, 2.24) is 0 Å². The van der Waals surface area contributed by atoms with Crippen LogP contribution in [-0.4, -0.2) is 32.9 Å². The van der Waals surface area contributed by atoms with Gasteiger partial charge in [0.05, 0.1) is 10.6 Å². The molecule has 0 heterocycles. The van der Waals surface area contributed by atoms with Crippen molar-refractivity contribution in [2.24, 2.45) is 0 Å². The minimum atomic E-state index is -4.47. The second kappa shape index (κ2) is 6.02. The third-order valence-electron chi connectivity index (χ3n) is 2.95. The van der Waals surface area contributed by atoms with Crippen LogP contribution in [0.2, 0.25) is 0 Å². The van der Waals surface area contributed by atoms with Crippen LogP contribution in [0.1, 0.15) is 24.5 Å². The number of aryl methyl sites for hydroxylation is 2. The number of sulfone groups is 1. The Hall–Kier alpha value is -0.920. The topological polar surface area (TPSA) is 91.3 Å². The van der Waals surface area contributed by atoms with E-state index in [-0.39, 0.29) is 16.4 Å². The summed E-state index contributed by atoms with van der Waals surface area (Å²) < 4.78 is 55.5. The quantitative estimate of drug-likeness (QED) is 0.738. The van der Waals surface area contributed by atoms with Gasteiger partial charge in [-0.2, -0.15) is 0 Å². The number of hydrogen-bond acceptors (Lipinski definition) is 5. The summed E-state index contributed by atoms with van der Waals surface area (Å²) in [6.45, 7) is 3.38. The van der Waals surface area contributed by atoms with Gasteiger partial charge >= 0.3 is 0 Å². The molecule has 0 atom stereocenters. The Labute approximate surface area is 114 Å². The van der Waals surface area contributed by atoms with E-state index >= 15 is 0 Å². The van der Waals surface area contributed by atoms with E-state index in [0.717, 1.165) is 5.56 Å². The second-order valence-electron chi connectivity index (χ2n) is 4.38. The van der Waals surface area contributed by atoms with Crippen molar-refractivity contribution >= 4 is 20.0 Å². The van der Waals surface area contributed by atoms with Crippen molar-refractivity contribution in [2.45, 2.75) is 31.6 Å². The highest BCUT2D eigenvalue weighted by molar-refractivity contribution is 7.91. The molecule has 0 aliphatic rings. The maximum absolute atomic E-state index is 11.4.